The quantitative estimate of drug-likeness (QED) is 0.892. The van der Waals surface area contributed by atoms with Crippen LogP contribution in [0.3, 0.4) is 0 Å². The first-order chi connectivity index (χ1) is 5.90. The Bertz CT molecular complexity index is 279. The molecule has 0 saturated carbocycles. The van der Waals surface area contributed by atoms with Gasteiger partial charge in [0.15, 0.2) is 0 Å². The van der Waals surface area contributed by atoms with Crippen molar-refractivity contribution in [3.63, 3.8) is 0 Å². The Labute approximate surface area is 97.6 Å². The first-order valence-corrected chi connectivity index (χ1v) is 3.73. The van der Waals surface area contributed by atoms with Crippen LogP contribution in [0.2, 0.25) is 0 Å². The molecule has 0 fully saturated rings. The fourth-order valence-corrected chi connectivity index (χ4v) is 1.05. The predicted octanol–water partition coefficient (Wildman–Crippen LogP) is 2.34. The zero-order chi connectivity index (χ0) is 10.1. The number of anilines is 1. The zero-order valence-corrected chi connectivity index (χ0v) is 9.55. The van der Waals surface area contributed by atoms with Gasteiger partial charge in [-0.3, -0.25) is 4.68 Å². The molecule has 0 saturated heterocycles. The summed E-state index contributed by atoms with van der Waals surface area (Å²) in [5.74, 6) is 0. The first-order valence-electron chi connectivity index (χ1n) is 3.73. The second kappa shape index (κ2) is 6.07. The topological polar surface area (TPSA) is 43.8 Å². The monoisotopic (exact) mass is 265 g/mol. The summed E-state index contributed by atoms with van der Waals surface area (Å²) in [6.45, 7) is 0. The molecule has 90 valence electrons. The minimum atomic E-state index is -4.14. The van der Waals surface area contributed by atoms with Crippen LogP contribution in [0.25, 0.3) is 0 Å². The SMILES string of the molecule is Cl.Cl.Cn1ncc(N)c1CCC(F)(F)F. The van der Waals surface area contributed by atoms with Gasteiger partial charge < -0.3 is 5.73 Å². The van der Waals surface area contributed by atoms with E-state index in [-0.39, 0.29) is 31.2 Å². The van der Waals surface area contributed by atoms with E-state index in [1.807, 2.05) is 0 Å². The molecule has 0 atom stereocenters. The molecule has 1 heterocycles. The summed E-state index contributed by atoms with van der Waals surface area (Å²) in [4.78, 5) is 0. The van der Waals surface area contributed by atoms with Crippen molar-refractivity contribution in [3.8, 4) is 0 Å². The van der Waals surface area contributed by atoms with Gasteiger partial charge in [-0.15, -0.1) is 24.8 Å². The van der Waals surface area contributed by atoms with E-state index in [1.165, 1.54) is 10.9 Å². The summed E-state index contributed by atoms with van der Waals surface area (Å²) in [7, 11) is 1.57. The molecule has 0 aromatic carbocycles. The summed E-state index contributed by atoms with van der Waals surface area (Å²) >= 11 is 0. The minimum Gasteiger partial charge on any atom is -0.396 e. The predicted molar refractivity (Wildman–Crippen MR) is 56.5 cm³/mol. The maximum Gasteiger partial charge on any atom is 0.389 e. The van der Waals surface area contributed by atoms with E-state index in [9.17, 15) is 13.2 Å². The molecule has 0 radical (unpaired) electrons. The molecule has 3 nitrogen and oxygen atoms in total. The van der Waals surface area contributed by atoms with Gasteiger partial charge in [0, 0.05) is 13.5 Å². The molecule has 0 bridgehead atoms. The van der Waals surface area contributed by atoms with Gasteiger partial charge >= 0.3 is 6.18 Å². The molecule has 15 heavy (non-hydrogen) atoms. The molecule has 0 aliphatic carbocycles. The Morgan fingerprint density at radius 2 is 1.93 bits per heavy atom. The van der Waals surface area contributed by atoms with Gasteiger partial charge in [0.2, 0.25) is 0 Å². The van der Waals surface area contributed by atoms with E-state index in [0.29, 0.717) is 11.4 Å². The molecule has 1 rings (SSSR count). The highest BCUT2D eigenvalue weighted by atomic mass is 35.5. The van der Waals surface area contributed by atoms with Crippen LogP contribution in [0, 0.1) is 0 Å². The van der Waals surface area contributed by atoms with Gasteiger partial charge in [0.1, 0.15) is 0 Å². The van der Waals surface area contributed by atoms with E-state index in [1.54, 1.807) is 7.05 Å². The summed E-state index contributed by atoms with van der Waals surface area (Å²) in [5, 5.41) is 3.74. The fraction of sp³-hybridized carbons (Fsp3) is 0.571. The molecule has 2 N–H and O–H groups in total. The molecule has 1 aromatic heterocycles. The number of hydrogen-bond donors (Lipinski definition) is 1. The molecule has 0 spiro atoms. The van der Waals surface area contributed by atoms with E-state index < -0.39 is 12.6 Å². The Balaban J connectivity index is 0. The van der Waals surface area contributed by atoms with Crippen molar-refractivity contribution in [3.05, 3.63) is 11.9 Å². The normalized spacial score (nSPS) is 10.4. The first kappa shape index (κ1) is 16.8. The Morgan fingerprint density at radius 3 is 2.27 bits per heavy atom. The average molecular weight is 266 g/mol. The highest BCUT2D eigenvalue weighted by Gasteiger charge is 2.27. The van der Waals surface area contributed by atoms with Crippen LogP contribution in [0.15, 0.2) is 6.20 Å². The number of nitrogens with two attached hydrogens (primary N) is 1. The van der Waals surface area contributed by atoms with E-state index in [0.717, 1.165) is 0 Å². The van der Waals surface area contributed by atoms with Crippen molar-refractivity contribution >= 4 is 30.5 Å². The number of nitrogens with zero attached hydrogens (tertiary/aromatic N) is 2. The van der Waals surface area contributed by atoms with Gasteiger partial charge in [-0.05, 0) is 6.42 Å². The van der Waals surface area contributed by atoms with Gasteiger partial charge in [0.25, 0.3) is 0 Å². The fourth-order valence-electron chi connectivity index (χ4n) is 1.05. The Morgan fingerprint density at radius 1 is 1.40 bits per heavy atom. The van der Waals surface area contributed by atoms with E-state index in [4.69, 9.17) is 5.73 Å². The lowest BCUT2D eigenvalue weighted by Crippen LogP contribution is -2.11. The lowest BCUT2D eigenvalue weighted by molar-refractivity contribution is -0.134. The molecule has 0 aliphatic rings. The van der Waals surface area contributed by atoms with Crippen molar-refractivity contribution < 1.29 is 13.2 Å². The van der Waals surface area contributed by atoms with Gasteiger partial charge in [-0.2, -0.15) is 18.3 Å². The summed E-state index contributed by atoms with van der Waals surface area (Å²) < 4.78 is 36.9. The Kier molecular flexibility index (Phi) is 6.80. The third-order valence-electron chi connectivity index (χ3n) is 1.74. The maximum absolute atomic E-state index is 11.8. The van der Waals surface area contributed by atoms with E-state index >= 15 is 0 Å². The van der Waals surface area contributed by atoms with Gasteiger partial charge in [-0.25, -0.2) is 0 Å². The largest absolute Gasteiger partial charge is 0.396 e. The molecule has 8 heteroatoms. The van der Waals surface area contributed by atoms with Crippen LogP contribution >= 0.6 is 24.8 Å². The van der Waals surface area contributed by atoms with Crippen molar-refractivity contribution in [2.75, 3.05) is 5.73 Å². The van der Waals surface area contributed by atoms with Gasteiger partial charge in [-0.1, -0.05) is 0 Å². The summed E-state index contributed by atoms with van der Waals surface area (Å²) in [6, 6.07) is 0. The summed E-state index contributed by atoms with van der Waals surface area (Å²) in [5.41, 5.74) is 6.16. The van der Waals surface area contributed by atoms with Crippen molar-refractivity contribution in [2.24, 2.45) is 7.05 Å². The zero-order valence-electron chi connectivity index (χ0n) is 7.91. The second-order valence-electron chi connectivity index (χ2n) is 2.79. The van der Waals surface area contributed by atoms with Crippen LogP contribution < -0.4 is 5.73 Å². The molecule has 0 aliphatic heterocycles. The third-order valence-corrected chi connectivity index (χ3v) is 1.74. The second-order valence-corrected chi connectivity index (χ2v) is 2.79. The molecule has 1 aromatic rings. The highest BCUT2D eigenvalue weighted by Crippen LogP contribution is 2.23. The number of hydrogen-bond acceptors (Lipinski definition) is 2. The number of halogens is 5. The molecular weight excluding hydrogens is 254 g/mol. The average Bonchev–Trinajstić information content (AvgIpc) is 2.27. The van der Waals surface area contributed by atoms with Crippen molar-refractivity contribution in [1.29, 1.82) is 0 Å². The van der Waals surface area contributed by atoms with Crippen LogP contribution in [0.1, 0.15) is 12.1 Å². The number of aromatic nitrogens is 2. The van der Waals surface area contributed by atoms with Crippen molar-refractivity contribution in [1.82, 2.24) is 9.78 Å². The summed E-state index contributed by atoms with van der Waals surface area (Å²) in [6.07, 6.45) is -3.77. The van der Waals surface area contributed by atoms with Crippen LogP contribution in [0.4, 0.5) is 18.9 Å². The molecular formula is C7H12Cl2F3N3. The standard InChI is InChI=1S/C7H10F3N3.2ClH/c1-13-6(5(11)4-12-13)2-3-7(8,9)10;;/h4H,2-3,11H2,1H3;2*1H. The van der Waals surface area contributed by atoms with Gasteiger partial charge in [0.05, 0.1) is 17.6 Å². The highest BCUT2D eigenvalue weighted by molar-refractivity contribution is 5.85. The van der Waals surface area contributed by atoms with Crippen LogP contribution in [-0.2, 0) is 13.5 Å². The third kappa shape index (κ3) is 5.13. The number of nitrogen functional groups attached to an aromatic ring is 1. The lowest BCUT2D eigenvalue weighted by Gasteiger charge is -2.06. The number of rotatable bonds is 2. The number of alkyl halides is 3. The smallest absolute Gasteiger partial charge is 0.389 e. The van der Waals surface area contributed by atoms with Crippen molar-refractivity contribution in [2.45, 2.75) is 19.0 Å². The Hall–Kier alpha value is -0.620. The minimum absolute atomic E-state index is 0. The maximum atomic E-state index is 11.8. The van der Waals surface area contributed by atoms with Crippen LogP contribution in [0.5, 0.6) is 0 Å². The van der Waals surface area contributed by atoms with E-state index in [2.05, 4.69) is 5.10 Å². The number of aryl methyl sites for hydroxylation is 1. The molecule has 0 unspecified atom stereocenters. The van der Waals surface area contributed by atoms with Crippen LogP contribution in [-0.4, -0.2) is 16.0 Å². The lowest BCUT2D eigenvalue weighted by atomic mass is 10.2. The molecule has 0 amide bonds.